The number of nitrogens with zero attached hydrogens (tertiary/aromatic N) is 1. The van der Waals surface area contributed by atoms with Crippen molar-refractivity contribution in [2.45, 2.75) is 19.3 Å². The molecule has 0 saturated heterocycles. The first-order chi connectivity index (χ1) is 8.76. The van der Waals surface area contributed by atoms with Crippen LogP contribution < -0.4 is 5.73 Å². The summed E-state index contributed by atoms with van der Waals surface area (Å²) in [6, 6.07) is 7.25. The highest BCUT2D eigenvalue weighted by atomic mass is 32.1. The molecule has 0 bridgehead atoms. The molecular formula is C14H16N2OS. The summed E-state index contributed by atoms with van der Waals surface area (Å²) in [5.74, 6) is 0.911. The third-order valence-corrected chi connectivity index (χ3v) is 4.66. The van der Waals surface area contributed by atoms with Gasteiger partial charge in [-0.15, -0.1) is 11.3 Å². The van der Waals surface area contributed by atoms with Gasteiger partial charge in [-0.1, -0.05) is 0 Å². The normalized spacial score (nSPS) is 18.6. The van der Waals surface area contributed by atoms with Crippen LogP contribution in [-0.2, 0) is 12.8 Å². The lowest BCUT2D eigenvalue weighted by Gasteiger charge is -2.18. The Morgan fingerprint density at radius 3 is 2.83 bits per heavy atom. The highest BCUT2D eigenvalue weighted by Crippen LogP contribution is 2.34. The Balaban J connectivity index is 1.91. The molecule has 94 valence electrons. The van der Waals surface area contributed by atoms with Crippen LogP contribution in [0.2, 0.25) is 0 Å². The van der Waals surface area contributed by atoms with Crippen LogP contribution in [0.3, 0.4) is 0 Å². The summed E-state index contributed by atoms with van der Waals surface area (Å²) in [5, 5.41) is 10.4. The van der Waals surface area contributed by atoms with Crippen LogP contribution in [0.5, 0.6) is 5.75 Å². The summed E-state index contributed by atoms with van der Waals surface area (Å²) in [6.07, 6.45) is 3.27. The van der Waals surface area contributed by atoms with Gasteiger partial charge in [0.2, 0.25) is 0 Å². The fourth-order valence-corrected chi connectivity index (χ4v) is 3.60. The standard InChI is InChI=1S/C14H16N2OS/c15-8-9-1-6-12-13(7-9)18-14(16-12)10-2-4-11(17)5-3-10/h2-5,9,17H,1,6-8,15H2. The molecule has 1 aliphatic carbocycles. The average Bonchev–Trinajstić information content (AvgIpc) is 2.82. The Bertz CT molecular complexity index is 547. The number of aromatic hydroxyl groups is 1. The minimum absolute atomic E-state index is 0.295. The topological polar surface area (TPSA) is 59.1 Å². The van der Waals surface area contributed by atoms with E-state index in [1.54, 1.807) is 23.5 Å². The first-order valence-electron chi connectivity index (χ1n) is 6.24. The van der Waals surface area contributed by atoms with Crippen molar-refractivity contribution in [2.75, 3.05) is 6.54 Å². The molecule has 1 aromatic carbocycles. The van der Waals surface area contributed by atoms with E-state index in [0.717, 1.165) is 36.4 Å². The lowest BCUT2D eigenvalue weighted by Crippen LogP contribution is -2.21. The largest absolute Gasteiger partial charge is 0.508 e. The molecule has 4 heteroatoms. The molecule has 1 unspecified atom stereocenters. The number of aromatic nitrogens is 1. The molecule has 3 rings (SSSR count). The number of nitrogens with two attached hydrogens (primary N) is 1. The van der Waals surface area contributed by atoms with Crippen molar-refractivity contribution in [3.05, 3.63) is 34.8 Å². The number of phenols is 1. The summed E-state index contributed by atoms with van der Waals surface area (Å²) in [5.41, 5.74) is 8.07. The lowest BCUT2D eigenvalue weighted by molar-refractivity contribution is 0.470. The van der Waals surface area contributed by atoms with Crippen LogP contribution in [0.4, 0.5) is 0 Å². The van der Waals surface area contributed by atoms with E-state index in [9.17, 15) is 5.11 Å². The molecule has 1 aromatic heterocycles. The average molecular weight is 260 g/mol. The first-order valence-corrected chi connectivity index (χ1v) is 7.06. The molecule has 1 atom stereocenters. The summed E-state index contributed by atoms with van der Waals surface area (Å²) in [4.78, 5) is 6.10. The highest BCUT2D eigenvalue weighted by Gasteiger charge is 2.21. The van der Waals surface area contributed by atoms with E-state index < -0.39 is 0 Å². The molecule has 18 heavy (non-hydrogen) atoms. The van der Waals surface area contributed by atoms with Crippen LogP contribution in [-0.4, -0.2) is 16.6 Å². The number of fused-ring (bicyclic) bond motifs is 1. The second kappa shape index (κ2) is 4.71. The van der Waals surface area contributed by atoms with Crippen LogP contribution in [0.1, 0.15) is 17.0 Å². The molecule has 3 nitrogen and oxygen atoms in total. The Labute approximate surface area is 110 Å². The molecule has 0 fully saturated rings. The van der Waals surface area contributed by atoms with Gasteiger partial charge in [-0.2, -0.15) is 0 Å². The lowest BCUT2D eigenvalue weighted by atomic mass is 9.91. The van der Waals surface area contributed by atoms with Gasteiger partial charge in [0, 0.05) is 10.4 Å². The number of thiazole rings is 1. The van der Waals surface area contributed by atoms with Crippen LogP contribution in [0.15, 0.2) is 24.3 Å². The Morgan fingerprint density at radius 2 is 2.11 bits per heavy atom. The van der Waals surface area contributed by atoms with Gasteiger partial charge in [0.15, 0.2) is 0 Å². The summed E-state index contributed by atoms with van der Waals surface area (Å²) in [6.45, 7) is 0.770. The van der Waals surface area contributed by atoms with Crippen LogP contribution in [0.25, 0.3) is 10.6 Å². The SMILES string of the molecule is NCC1CCc2nc(-c3ccc(O)cc3)sc2C1. The maximum atomic E-state index is 9.30. The zero-order chi connectivity index (χ0) is 12.5. The fourth-order valence-electron chi connectivity index (χ4n) is 2.37. The molecule has 1 aliphatic rings. The van der Waals surface area contributed by atoms with Gasteiger partial charge in [0.05, 0.1) is 5.69 Å². The van der Waals surface area contributed by atoms with Gasteiger partial charge in [0.1, 0.15) is 10.8 Å². The van der Waals surface area contributed by atoms with E-state index in [1.165, 1.54) is 10.6 Å². The Hall–Kier alpha value is -1.39. The smallest absolute Gasteiger partial charge is 0.123 e. The number of aryl methyl sites for hydroxylation is 1. The minimum atomic E-state index is 0.295. The Kier molecular flexibility index (Phi) is 3.06. The van der Waals surface area contributed by atoms with Crippen molar-refractivity contribution in [1.29, 1.82) is 0 Å². The molecule has 0 saturated carbocycles. The molecular weight excluding hydrogens is 244 g/mol. The van der Waals surface area contributed by atoms with Crippen molar-refractivity contribution in [1.82, 2.24) is 4.98 Å². The molecule has 2 aromatic rings. The summed E-state index contributed by atoms with van der Waals surface area (Å²) in [7, 11) is 0. The molecule has 0 spiro atoms. The van der Waals surface area contributed by atoms with E-state index in [4.69, 9.17) is 10.7 Å². The second-order valence-corrected chi connectivity index (χ2v) is 5.86. The molecule has 0 aliphatic heterocycles. The van der Waals surface area contributed by atoms with Gasteiger partial charge in [-0.25, -0.2) is 4.98 Å². The number of rotatable bonds is 2. The highest BCUT2D eigenvalue weighted by molar-refractivity contribution is 7.15. The molecule has 0 amide bonds. The fraction of sp³-hybridized carbons (Fsp3) is 0.357. The van der Waals surface area contributed by atoms with Crippen molar-refractivity contribution in [3.8, 4) is 16.3 Å². The number of benzene rings is 1. The number of hydrogen-bond donors (Lipinski definition) is 2. The van der Waals surface area contributed by atoms with Gasteiger partial charge in [-0.3, -0.25) is 0 Å². The zero-order valence-corrected chi connectivity index (χ0v) is 10.9. The predicted octanol–water partition coefficient (Wildman–Crippen LogP) is 2.58. The third kappa shape index (κ3) is 2.13. The van der Waals surface area contributed by atoms with E-state index in [0.29, 0.717) is 11.7 Å². The maximum Gasteiger partial charge on any atom is 0.123 e. The number of hydrogen-bond acceptors (Lipinski definition) is 4. The third-order valence-electron chi connectivity index (χ3n) is 3.49. The second-order valence-electron chi connectivity index (χ2n) is 4.78. The molecule has 0 radical (unpaired) electrons. The van der Waals surface area contributed by atoms with Crippen molar-refractivity contribution < 1.29 is 5.11 Å². The van der Waals surface area contributed by atoms with Gasteiger partial charge >= 0.3 is 0 Å². The Morgan fingerprint density at radius 1 is 1.33 bits per heavy atom. The first kappa shape index (κ1) is 11.7. The van der Waals surface area contributed by atoms with Crippen LogP contribution in [0, 0.1) is 5.92 Å². The van der Waals surface area contributed by atoms with Crippen molar-refractivity contribution >= 4 is 11.3 Å². The molecule has 1 heterocycles. The van der Waals surface area contributed by atoms with E-state index >= 15 is 0 Å². The van der Waals surface area contributed by atoms with Crippen molar-refractivity contribution in [2.24, 2.45) is 11.7 Å². The van der Waals surface area contributed by atoms with Crippen LogP contribution >= 0.6 is 11.3 Å². The quantitative estimate of drug-likeness (QED) is 0.872. The summed E-state index contributed by atoms with van der Waals surface area (Å²) < 4.78 is 0. The monoisotopic (exact) mass is 260 g/mol. The zero-order valence-electron chi connectivity index (χ0n) is 10.1. The maximum absolute atomic E-state index is 9.30. The van der Waals surface area contributed by atoms with E-state index in [-0.39, 0.29) is 0 Å². The number of phenolic OH excluding ortho intramolecular Hbond substituents is 1. The minimum Gasteiger partial charge on any atom is -0.508 e. The molecule has 3 N–H and O–H groups in total. The van der Waals surface area contributed by atoms with Gasteiger partial charge in [0.25, 0.3) is 0 Å². The van der Waals surface area contributed by atoms with Crippen molar-refractivity contribution in [3.63, 3.8) is 0 Å². The summed E-state index contributed by atoms with van der Waals surface area (Å²) >= 11 is 1.77. The van der Waals surface area contributed by atoms with E-state index in [2.05, 4.69) is 0 Å². The van der Waals surface area contributed by atoms with Gasteiger partial charge in [-0.05, 0) is 56.0 Å². The van der Waals surface area contributed by atoms with Gasteiger partial charge < -0.3 is 10.8 Å². The van der Waals surface area contributed by atoms with E-state index in [1.807, 2.05) is 12.1 Å². The predicted molar refractivity (Wildman–Crippen MR) is 73.8 cm³/mol.